The van der Waals surface area contributed by atoms with E-state index in [9.17, 15) is 15.0 Å². The number of esters is 1. The first-order valence-corrected chi connectivity index (χ1v) is 17.4. The first-order valence-electron chi connectivity index (χ1n) is 17.4. The average Bonchev–Trinajstić information content (AvgIpc) is 3.56. The SMILES string of the molecule is CCCCCCCCCC[C@@H](O)[C@H]1CC[C@@H]([C@@H](O)CCCCCCCCCCCCCCC2=C[C@H](C)OC2=O)O1. The molecule has 0 aromatic carbocycles. The number of rotatable bonds is 26. The van der Waals surface area contributed by atoms with E-state index >= 15 is 0 Å². The number of carbonyl (C=O) groups excluding carboxylic acids is 1. The Kier molecular flexibility index (Phi) is 20.0. The fourth-order valence-electron chi connectivity index (χ4n) is 6.37. The van der Waals surface area contributed by atoms with Gasteiger partial charge in [0.15, 0.2) is 0 Å². The van der Waals surface area contributed by atoms with Gasteiger partial charge in [0, 0.05) is 5.57 Å². The Morgan fingerprint density at radius 2 is 1.07 bits per heavy atom. The highest BCUT2D eigenvalue weighted by Gasteiger charge is 2.34. The fourth-order valence-corrected chi connectivity index (χ4v) is 6.37. The summed E-state index contributed by atoms with van der Waals surface area (Å²) in [5.74, 6) is -0.111. The summed E-state index contributed by atoms with van der Waals surface area (Å²) in [4.78, 5) is 11.6. The highest BCUT2D eigenvalue weighted by Crippen LogP contribution is 2.28. The molecule has 2 rings (SSSR count). The van der Waals surface area contributed by atoms with Crippen molar-refractivity contribution in [2.75, 3.05) is 0 Å². The van der Waals surface area contributed by atoms with E-state index in [1.54, 1.807) is 0 Å². The van der Waals surface area contributed by atoms with Crippen molar-refractivity contribution >= 4 is 5.97 Å². The third-order valence-corrected chi connectivity index (χ3v) is 8.98. The smallest absolute Gasteiger partial charge is 0.334 e. The molecule has 5 heteroatoms. The Morgan fingerprint density at radius 1 is 0.675 bits per heavy atom. The lowest BCUT2D eigenvalue weighted by atomic mass is 10.00. The van der Waals surface area contributed by atoms with Crippen LogP contribution in [0.25, 0.3) is 0 Å². The topological polar surface area (TPSA) is 76.0 Å². The van der Waals surface area contributed by atoms with Crippen molar-refractivity contribution in [3.8, 4) is 0 Å². The van der Waals surface area contributed by atoms with Gasteiger partial charge in [0.1, 0.15) is 6.10 Å². The second kappa shape index (κ2) is 22.7. The van der Waals surface area contributed by atoms with Crippen LogP contribution in [0.5, 0.6) is 0 Å². The molecule has 5 atom stereocenters. The van der Waals surface area contributed by atoms with Gasteiger partial charge in [0.2, 0.25) is 0 Å². The van der Waals surface area contributed by atoms with Gasteiger partial charge in [0.05, 0.1) is 24.4 Å². The van der Waals surface area contributed by atoms with Crippen molar-refractivity contribution in [1.82, 2.24) is 0 Å². The lowest BCUT2D eigenvalue weighted by molar-refractivity contribution is -0.139. The highest BCUT2D eigenvalue weighted by atomic mass is 16.5. The number of aliphatic hydroxyl groups is 2. The van der Waals surface area contributed by atoms with E-state index in [0.717, 1.165) is 56.9 Å². The monoisotopic (exact) mass is 564 g/mol. The molecule has 2 heterocycles. The highest BCUT2D eigenvalue weighted by molar-refractivity contribution is 5.90. The maximum atomic E-state index is 11.6. The average molecular weight is 565 g/mol. The van der Waals surface area contributed by atoms with Crippen LogP contribution in [0.3, 0.4) is 0 Å². The fraction of sp³-hybridized carbons (Fsp3) is 0.914. The predicted octanol–water partition coefficient (Wildman–Crippen LogP) is 9.12. The third-order valence-electron chi connectivity index (χ3n) is 8.98. The van der Waals surface area contributed by atoms with Crippen LogP contribution >= 0.6 is 0 Å². The Labute approximate surface area is 246 Å². The number of ether oxygens (including phenoxy) is 2. The van der Waals surface area contributed by atoms with Crippen LogP contribution in [0.2, 0.25) is 0 Å². The molecular formula is C35H64O5. The number of unbranched alkanes of at least 4 members (excludes halogenated alkanes) is 18. The van der Waals surface area contributed by atoms with Gasteiger partial charge in [-0.15, -0.1) is 0 Å². The van der Waals surface area contributed by atoms with Crippen LogP contribution in [0, 0.1) is 0 Å². The maximum absolute atomic E-state index is 11.6. The summed E-state index contributed by atoms with van der Waals surface area (Å²) in [5, 5.41) is 21.2. The summed E-state index contributed by atoms with van der Waals surface area (Å²) >= 11 is 0. The molecule has 0 unspecified atom stereocenters. The zero-order chi connectivity index (χ0) is 28.8. The molecular weight excluding hydrogens is 500 g/mol. The van der Waals surface area contributed by atoms with Crippen LogP contribution in [0.15, 0.2) is 11.6 Å². The van der Waals surface area contributed by atoms with Gasteiger partial charge >= 0.3 is 5.97 Å². The molecule has 0 aromatic rings. The molecule has 0 radical (unpaired) electrons. The van der Waals surface area contributed by atoms with E-state index in [1.807, 2.05) is 13.0 Å². The molecule has 2 N–H and O–H groups in total. The summed E-state index contributed by atoms with van der Waals surface area (Å²) in [5.41, 5.74) is 0.877. The Hall–Kier alpha value is -0.910. The van der Waals surface area contributed by atoms with Crippen LogP contribution in [0.1, 0.15) is 174 Å². The molecule has 1 fully saturated rings. The molecule has 0 aromatic heterocycles. The van der Waals surface area contributed by atoms with Crippen molar-refractivity contribution in [2.45, 2.75) is 205 Å². The molecule has 1 saturated heterocycles. The number of cyclic esters (lactones) is 1. The van der Waals surface area contributed by atoms with Crippen molar-refractivity contribution in [3.05, 3.63) is 11.6 Å². The van der Waals surface area contributed by atoms with Crippen LogP contribution < -0.4 is 0 Å². The minimum Gasteiger partial charge on any atom is -0.455 e. The largest absolute Gasteiger partial charge is 0.455 e. The number of hydrogen-bond donors (Lipinski definition) is 2. The molecule has 0 spiro atoms. The van der Waals surface area contributed by atoms with Gasteiger partial charge in [-0.1, -0.05) is 129 Å². The molecule has 0 bridgehead atoms. The van der Waals surface area contributed by atoms with Gasteiger partial charge in [-0.3, -0.25) is 0 Å². The van der Waals surface area contributed by atoms with Crippen LogP contribution in [-0.2, 0) is 14.3 Å². The number of carbonyl (C=O) groups is 1. The molecule has 2 aliphatic heterocycles. The minimum atomic E-state index is -0.382. The summed E-state index contributed by atoms with van der Waals surface area (Å²) in [6, 6.07) is 0. The number of aliphatic hydroxyl groups excluding tert-OH is 2. The Bertz CT molecular complexity index is 662. The summed E-state index contributed by atoms with van der Waals surface area (Å²) in [6.45, 7) is 4.17. The standard InChI is InChI=1S/C35H64O5/c1-3-4-5-6-7-15-18-21-24-31(36)33-26-27-34(40-33)32(37)25-22-19-16-13-11-9-8-10-12-14-17-20-23-30-28-29(2)39-35(30)38/h28-29,31-34,36-37H,3-27H2,1-2H3/t29-,31+,32-,33+,34-/m0/s1. The molecule has 40 heavy (non-hydrogen) atoms. The first kappa shape index (κ1) is 35.3. The van der Waals surface area contributed by atoms with E-state index in [2.05, 4.69) is 6.92 Å². The van der Waals surface area contributed by atoms with Crippen LogP contribution in [0.4, 0.5) is 0 Å². The Balaban J connectivity index is 1.33. The van der Waals surface area contributed by atoms with E-state index in [0.29, 0.717) is 0 Å². The van der Waals surface area contributed by atoms with Gasteiger partial charge in [0.25, 0.3) is 0 Å². The second-order valence-corrected chi connectivity index (χ2v) is 12.8. The van der Waals surface area contributed by atoms with Gasteiger partial charge in [-0.2, -0.15) is 0 Å². The molecule has 0 saturated carbocycles. The zero-order valence-corrected chi connectivity index (χ0v) is 26.3. The maximum Gasteiger partial charge on any atom is 0.334 e. The molecule has 0 amide bonds. The number of hydrogen-bond acceptors (Lipinski definition) is 5. The molecule has 5 nitrogen and oxygen atoms in total. The quantitative estimate of drug-likeness (QED) is 0.0809. The molecule has 0 aliphatic carbocycles. The van der Waals surface area contributed by atoms with Crippen molar-refractivity contribution in [3.63, 3.8) is 0 Å². The predicted molar refractivity (Wildman–Crippen MR) is 165 cm³/mol. The normalized spacial score (nSPS) is 22.4. The van der Waals surface area contributed by atoms with Gasteiger partial charge in [-0.05, 0) is 51.5 Å². The summed E-state index contributed by atoms with van der Waals surface area (Å²) in [6.07, 6.45) is 30.6. The van der Waals surface area contributed by atoms with Gasteiger partial charge in [-0.25, -0.2) is 4.79 Å². The van der Waals surface area contributed by atoms with E-state index in [-0.39, 0.29) is 36.5 Å². The molecule has 2 aliphatic rings. The van der Waals surface area contributed by atoms with Crippen molar-refractivity contribution in [1.29, 1.82) is 0 Å². The lowest BCUT2D eigenvalue weighted by Gasteiger charge is -2.22. The first-order chi connectivity index (χ1) is 19.5. The van der Waals surface area contributed by atoms with Crippen LogP contribution in [-0.4, -0.2) is 46.7 Å². The Morgan fingerprint density at radius 3 is 1.48 bits per heavy atom. The summed E-state index contributed by atoms with van der Waals surface area (Å²) in [7, 11) is 0. The lowest BCUT2D eigenvalue weighted by Crippen LogP contribution is -2.31. The second-order valence-electron chi connectivity index (χ2n) is 12.8. The van der Waals surface area contributed by atoms with Crippen molar-refractivity contribution < 1.29 is 24.5 Å². The van der Waals surface area contributed by atoms with E-state index < -0.39 is 0 Å². The van der Waals surface area contributed by atoms with E-state index in [4.69, 9.17) is 9.47 Å². The summed E-state index contributed by atoms with van der Waals surface area (Å²) < 4.78 is 11.2. The molecule has 234 valence electrons. The minimum absolute atomic E-state index is 0.0384. The third kappa shape index (κ3) is 15.9. The van der Waals surface area contributed by atoms with E-state index in [1.165, 1.54) is 109 Å². The zero-order valence-electron chi connectivity index (χ0n) is 26.3. The van der Waals surface area contributed by atoms with Crippen molar-refractivity contribution in [2.24, 2.45) is 0 Å². The van der Waals surface area contributed by atoms with Gasteiger partial charge < -0.3 is 19.7 Å².